The van der Waals surface area contributed by atoms with Crippen molar-refractivity contribution in [3.63, 3.8) is 0 Å². The van der Waals surface area contributed by atoms with Gasteiger partial charge in [-0.05, 0) is 38.5 Å². The topological polar surface area (TPSA) is 102 Å². The Morgan fingerprint density at radius 3 is 2.79 bits per heavy atom. The lowest BCUT2D eigenvalue weighted by Gasteiger charge is -2.34. The van der Waals surface area contributed by atoms with E-state index in [9.17, 15) is 14.4 Å². The SMILES string of the molecule is C=C/C=C/C[C@H](NC(=O)[C@@H]1[C@H]2CC[C@H](C2)N1C(=O)OCC)C(N)=O. The van der Waals surface area contributed by atoms with E-state index in [4.69, 9.17) is 10.5 Å². The fourth-order valence-corrected chi connectivity index (χ4v) is 3.60. The molecule has 0 aromatic rings. The Morgan fingerprint density at radius 1 is 1.42 bits per heavy atom. The summed E-state index contributed by atoms with van der Waals surface area (Å²) in [5.74, 6) is -0.842. The van der Waals surface area contributed by atoms with Gasteiger partial charge in [-0.1, -0.05) is 24.8 Å². The van der Waals surface area contributed by atoms with Crippen LogP contribution in [0.2, 0.25) is 0 Å². The van der Waals surface area contributed by atoms with E-state index in [-0.39, 0.29) is 30.9 Å². The molecule has 1 saturated carbocycles. The molecule has 0 aromatic carbocycles. The standard InChI is InChI=1S/C17H25N3O4/c1-3-5-6-7-13(15(18)21)19-16(22)14-11-8-9-12(10-11)20(14)17(23)24-4-2/h3,5-6,11-14H,1,4,7-10H2,2H3,(H2,18,21)(H,19,22)/b6-5+/t11-,12+,13-,14-/m0/s1. The van der Waals surface area contributed by atoms with Gasteiger partial charge in [0.2, 0.25) is 11.8 Å². The Hall–Kier alpha value is -2.31. The summed E-state index contributed by atoms with van der Waals surface area (Å²) in [4.78, 5) is 38.0. The fourth-order valence-electron chi connectivity index (χ4n) is 3.60. The maximum atomic E-state index is 12.7. The van der Waals surface area contributed by atoms with Gasteiger partial charge < -0.3 is 15.8 Å². The second-order valence-corrected chi connectivity index (χ2v) is 6.14. The first kappa shape index (κ1) is 18.0. The van der Waals surface area contributed by atoms with Crippen LogP contribution in [0.25, 0.3) is 0 Å². The van der Waals surface area contributed by atoms with E-state index in [1.807, 2.05) is 0 Å². The van der Waals surface area contributed by atoms with Crippen LogP contribution in [0.1, 0.15) is 32.6 Å². The van der Waals surface area contributed by atoms with Crippen LogP contribution in [0.5, 0.6) is 0 Å². The zero-order valence-electron chi connectivity index (χ0n) is 13.9. The number of carbonyl (C=O) groups excluding carboxylic acids is 3. The average molecular weight is 335 g/mol. The van der Waals surface area contributed by atoms with Crippen molar-refractivity contribution in [1.29, 1.82) is 0 Å². The lowest BCUT2D eigenvalue weighted by atomic mass is 9.97. The minimum absolute atomic E-state index is 0.0393. The Bertz CT molecular complexity index is 546. The zero-order valence-corrected chi connectivity index (χ0v) is 13.9. The van der Waals surface area contributed by atoms with E-state index in [2.05, 4.69) is 11.9 Å². The van der Waals surface area contributed by atoms with Crippen LogP contribution in [0.15, 0.2) is 24.8 Å². The number of nitrogens with zero attached hydrogens (tertiary/aromatic N) is 1. The molecule has 2 fully saturated rings. The first-order chi connectivity index (χ1) is 11.5. The van der Waals surface area contributed by atoms with Crippen molar-refractivity contribution in [3.8, 4) is 0 Å². The lowest BCUT2D eigenvalue weighted by molar-refractivity contribution is -0.131. The molecule has 7 nitrogen and oxygen atoms in total. The highest BCUT2D eigenvalue weighted by atomic mass is 16.6. The molecule has 0 spiro atoms. The van der Waals surface area contributed by atoms with Gasteiger partial charge in [0.05, 0.1) is 6.61 Å². The third-order valence-electron chi connectivity index (χ3n) is 4.64. The molecule has 1 saturated heterocycles. The van der Waals surface area contributed by atoms with Crippen molar-refractivity contribution >= 4 is 17.9 Å². The molecule has 1 heterocycles. The monoisotopic (exact) mass is 335 g/mol. The van der Waals surface area contributed by atoms with Gasteiger partial charge in [0, 0.05) is 6.04 Å². The van der Waals surface area contributed by atoms with Crippen LogP contribution in [-0.2, 0) is 14.3 Å². The number of amides is 3. The van der Waals surface area contributed by atoms with Crippen molar-refractivity contribution in [2.45, 2.75) is 50.7 Å². The van der Waals surface area contributed by atoms with Gasteiger partial charge in [-0.25, -0.2) is 4.79 Å². The van der Waals surface area contributed by atoms with Crippen LogP contribution in [-0.4, -0.2) is 47.5 Å². The summed E-state index contributed by atoms with van der Waals surface area (Å²) in [6, 6.07) is -1.36. The van der Waals surface area contributed by atoms with Crippen molar-refractivity contribution < 1.29 is 19.1 Å². The quantitative estimate of drug-likeness (QED) is 0.680. The first-order valence-corrected chi connectivity index (χ1v) is 8.31. The summed E-state index contributed by atoms with van der Waals surface area (Å²) in [5, 5.41) is 2.68. The number of nitrogens with two attached hydrogens (primary N) is 1. The van der Waals surface area contributed by atoms with E-state index in [0.29, 0.717) is 0 Å². The number of allylic oxidation sites excluding steroid dienone is 2. The van der Waals surface area contributed by atoms with Crippen molar-refractivity contribution in [2.24, 2.45) is 11.7 Å². The van der Waals surface area contributed by atoms with Gasteiger partial charge >= 0.3 is 6.09 Å². The Labute approximate surface area is 141 Å². The van der Waals surface area contributed by atoms with Gasteiger partial charge in [-0.2, -0.15) is 0 Å². The van der Waals surface area contributed by atoms with E-state index in [1.165, 1.54) is 4.90 Å². The summed E-state index contributed by atoms with van der Waals surface area (Å²) in [5.41, 5.74) is 5.37. The molecule has 1 aliphatic carbocycles. The number of primary amides is 1. The summed E-state index contributed by atoms with van der Waals surface area (Å²) in [6.07, 6.45) is 7.38. The zero-order chi connectivity index (χ0) is 17.7. The molecular weight excluding hydrogens is 310 g/mol. The number of fused-ring (bicyclic) bond motifs is 2. The summed E-state index contributed by atoms with van der Waals surface area (Å²) >= 11 is 0. The highest BCUT2D eigenvalue weighted by Crippen LogP contribution is 2.42. The molecule has 7 heteroatoms. The number of hydrogen-bond acceptors (Lipinski definition) is 4. The van der Waals surface area contributed by atoms with Crippen LogP contribution in [0.4, 0.5) is 4.79 Å². The molecular formula is C17H25N3O4. The van der Waals surface area contributed by atoms with E-state index >= 15 is 0 Å². The summed E-state index contributed by atoms with van der Waals surface area (Å²) in [6.45, 7) is 5.54. The summed E-state index contributed by atoms with van der Waals surface area (Å²) in [7, 11) is 0. The number of piperidine rings is 1. The minimum Gasteiger partial charge on any atom is -0.450 e. The molecule has 0 unspecified atom stereocenters. The number of nitrogens with one attached hydrogen (secondary N) is 1. The highest BCUT2D eigenvalue weighted by molar-refractivity contribution is 5.91. The molecule has 2 rings (SSSR count). The van der Waals surface area contributed by atoms with Crippen LogP contribution in [0, 0.1) is 5.92 Å². The lowest BCUT2D eigenvalue weighted by Crippen LogP contribution is -2.56. The average Bonchev–Trinajstić information content (AvgIpc) is 3.14. The molecule has 2 aliphatic rings. The molecule has 3 amide bonds. The van der Waals surface area contributed by atoms with Gasteiger partial charge in [-0.3, -0.25) is 14.5 Å². The third-order valence-corrected chi connectivity index (χ3v) is 4.64. The summed E-state index contributed by atoms with van der Waals surface area (Å²) < 4.78 is 5.08. The third kappa shape index (κ3) is 3.77. The van der Waals surface area contributed by atoms with E-state index in [1.54, 1.807) is 25.2 Å². The van der Waals surface area contributed by atoms with Crippen LogP contribution in [0.3, 0.4) is 0 Å². The molecule has 0 radical (unpaired) electrons. The normalized spacial score (nSPS) is 26.4. The number of hydrogen-bond donors (Lipinski definition) is 2. The van der Waals surface area contributed by atoms with Crippen LogP contribution < -0.4 is 11.1 Å². The number of rotatable bonds is 7. The maximum absolute atomic E-state index is 12.7. The van der Waals surface area contributed by atoms with E-state index < -0.39 is 24.1 Å². The van der Waals surface area contributed by atoms with Crippen molar-refractivity contribution in [2.75, 3.05) is 6.61 Å². The van der Waals surface area contributed by atoms with Gasteiger partial charge in [0.25, 0.3) is 0 Å². The molecule has 4 atom stereocenters. The van der Waals surface area contributed by atoms with E-state index in [0.717, 1.165) is 19.3 Å². The minimum atomic E-state index is -0.808. The predicted molar refractivity (Wildman–Crippen MR) is 88.9 cm³/mol. The first-order valence-electron chi connectivity index (χ1n) is 8.31. The van der Waals surface area contributed by atoms with Gasteiger partial charge in [0.1, 0.15) is 12.1 Å². The van der Waals surface area contributed by atoms with Gasteiger partial charge in [0.15, 0.2) is 0 Å². The Morgan fingerprint density at radius 2 is 2.17 bits per heavy atom. The van der Waals surface area contributed by atoms with Gasteiger partial charge in [-0.15, -0.1) is 0 Å². The fraction of sp³-hybridized carbons (Fsp3) is 0.588. The highest BCUT2D eigenvalue weighted by Gasteiger charge is 2.52. The molecule has 24 heavy (non-hydrogen) atoms. The molecule has 0 aromatic heterocycles. The molecule has 2 bridgehead atoms. The largest absolute Gasteiger partial charge is 0.450 e. The maximum Gasteiger partial charge on any atom is 0.410 e. The second kappa shape index (κ2) is 7.99. The van der Waals surface area contributed by atoms with Crippen molar-refractivity contribution in [1.82, 2.24) is 10.2 Å². The number of likely N-dealkylation sites (tertiary alicyclic amines) is 1. The number of ether oxygens (including phenoxy) is 1. The number of carbonyl (C=O) groups is 3. The van der Waals surface area contributed by atoms with Crippen molar-refractivity contribution in [3.05, 3.63) is 24.8 Å². The predicted octanol–water partition coefficient (Wildman–Crippen LogP) is 1.10. The molecule has 132 valence electrons. The molecule has 3 N–H and O–H groups in total. The Balaban J connectivity index is 2.08. The second-order valence-electron chi connectivity index (χ2n) is 6.14. The Kier molecular flexibility index (Phi) is 6.00. The molecule has 1 aliphatic heterocycles. The smallest absolute Gasteiger partial charge is 0.410 e. The van der Waals surface area contributed by atoms with Crippen LogP contribution >= 0.6 is 0 Å².